The Morgan fingerprint density at radius 2 is 2.27 bits per heavy atom. The van der Waals surface area contributed by atoms with Crippen LogP contribution in [0.1, 0.15) is 33.1 Å². The van der Waals surface area contributed by atoms with Gasteiger partial charge in [-0.3, -0.25) is 0 Å². The molecule has 0 saturated carbocycles. The van der Waals surface area contributed by atoms with Gasteiger partial charge in [0.25, 0.3) is 0 Å². The van der Waals surface area contributed by atoms with Crippen LogP contribution in [-0.2, 0) is 4.74 Å². The molecule has 3 unspecified atom stereocenters. The summed E-state index contributed by atoms with van der Waals surface area (Å²) in [5.41, 5.74) is 6.15. The van der Waals surface area contributed by atoms with Crippen LogP contribution in [0.4, 0.5) is 0 Å². The van der Waals surface area contributed by atoms with E-state index in [0.717, 1.165) is 19.6 Å². The van der Waals surface area contributed by atoms with E-state index in [4.69, 9.17) is 10.5 Å². The fourth-order valence-corrected chi connectivity index (χ4v) is 2.76. The first-order valence-corrected chi connectivity index (χ1v) is 6.19. The molecule has 0 aromatic heterocycles. The molecule has 0 aromatic carbocycles. The molecule has 2 aliphatic rings. The Hall–Kier alpha value is -0.120. The van der Waals surface area contributed by atoms with Crippen molar-refractivity contribution >= 4 is 0 Å². The number of nitrogens with zero attached hydrogens (tertiary/aromatic N) is 1. The summed E-state index contributed by atoms with van der Waals surface area (Å²) in [5.74, 6) is 0. The van der Waals surface area contributed by atoms with Crippen molar-refractivity contribution in [1.82, 2.24) is 4.90 Å². The van der Waals surface area contributed by atoms with E-state index in [1.165, 1.54) is 25.8 Å². The van der Waals surface area contributed by atoms with Crippen molar-refractivity contribution in [2.75, 3.05) is 26.2 Å². The zero-order valence-corrected chi connectivity index (χ0v) is 10.0. The number of likely N-dealkylation sites (tertiary alicyclic amines) is 1. The van der Waals surface area contributed by atoms with Crippen molar-refractivity contribution in [3.8, 4) is 0 Å². The molecular weight excluding hydrogens is 188 g/mol. The predicted octanol–water partition coefficient (Wildman–Crippen LogP) is 1.22. The van der Waals surface area contributed by atoms with Crippen LogP contribution >= 0.6 is 0 Å². The Kier molecular flexibility index (Phi) is 3.33. The summed E-state index contributed by atoms with van der Waals surface area (Å²) in [7, 11) is 0. The Bertz CT molecular complexity index is 222. The van der Waals surface area contributed by atoms with Crippen molar-refractivity contribution in [3.05, 3.63) is 0 Å². The van der Waals surface area contributed by atoms with Gasteiger partial charge in [-0.25, -0.2) is 0 Å². The Morgan fingerprint density at radius 1 is 1.47 bits per heavy atom. The van der Waals surface area contributed by atoms with E-state index in [9.17, 15) is 0 Å². The average Bonchev–Trinajstić information content (AvgIpc) is 2.76. The van der Waals surface area contributed by atoms with Crippen molar-refractivity contribution in [2.24, 2.45) is 11.1 Å². The average molecular weight is 212 g/mol. The van der Waals surface area contributed by atoms with Gasteiger partial charge in [0.05, 0.1) is 12.2 Å². The predicted molar refractivity (Wildman–Crippen MR) is 61.8 cm³/mol. The molecule has 15 heavy (non-hydrogen) atoms. The van der Waals surface area contributed by atoms with Gasteiger partial charge < -0.3 is 15.4 Å². The van der Waals surface area contributed by atoms with Gasteiger partial charge in [0.1, 0.15) is 0 Å². The third kappa shape index (κ3) is 2.71. The fourth-order valence-electron chi connectivity index (χ4n) is 2.76. The normalized spacial score (nSPS) is 42.6. The molecule has 2 heterocycles. The van der Waals surface area contributed by atoms with Crippen LogP contribution in [0.2, 0.25) is 0 Å². The maximum atomic E-state index is 5.85. The highest BCUT2D eigenvalue weighted by Gasteiger charge is 2.34. The van der Waals surface area contributed by atoms with Gasteiger partial charge in [-0.05, 0) is 44.7 Å². The van der Waals surface area contributed by atoms with Crippen LogP contribution in [0.5, 0.6) is 0 Å². The van der Waals surface area contributed by atoms with Crippen LogP contribution in [0.15, 0.2) is 0 Å². The van der Waals surface area contributed by atoms with Gasteiger partial charge in [0.2, 0.25) is 0 Å². The van der Waals surface area contributed by atoms with E-state index in [1.807, 2.05) is 0 Å². The molecular formula is C12H24N2O. The third-order valence-electron chi connectivity index (χ3n) is 3.91. The summed E-state index contributed by atoms with van der Waals surface area (Å²) in [4.78, 5) is 2.52. The van der Waals surface area contributed by atoms with Crippen LogP contribution in [0.25, 0.3) is 0 Å². The topological polar surface area (TPSA) is 38.5 Å². The Labute approximate surface area is 93.0 Å². The van der Waals surface area contributed by atoms with Gasteiger partial charge in [0.15, 0.2) is 0 Å². The second-order valence-corrected chi connectivity index (χ2v) is 5.65. The molecule has 2 N–H and O–H groups in total. The van der Waals surface area contributed by atoms with Crippen LogP contribution < -0.4 is 5.73 Å². The lowest BCUT2D eigenvalue weighted by Crippen LogP contribution is -2.35. The minimum atomic E-state index is 0.351. The molecule has 3 nitrogen and oxygen atoms in total. The van der Waals surface area contributed by atoms with Crippen molar-refractivity contribution in [1.29, 1.82) is 0 Å². The Balaban J connectivity index is 1.77. The number of nitrogens with two attached hydrogens (primary N) is 1. The highest BCUT2D eigenvalue weighted by atomic mass is 16.5. The minimum Gasteiger partial charge on any atom is -0.374 e. The highest BCUT2D eigenvalue weighted by Crippen LogP contribution is 2.30. The van der Waals surface area contributed by atoms with E-state index in [-0.39, 0.29) is 0 Å². The summed E-state index contributed by atoms with van der Waals surface area (Å²) < 4.78 is 5.85. The third-order valence-corrected chi connectivity index (χ3v) is 3.91. The quantitative estimate of drug-likeness (QED) is 0.764. The molecule has 2 aliphatic heterocycles. The fraction of sp³-hybridized carbons (Fsp3) is 1.00. The van der Waals surface area contributed by atoms with Crippen LogP contribution in [0.3, 0.4) is 0 Å². The molecule has 2 fully saturated rings. The summed E-state index contributed by atoms with van der Waals surface area (Å²) in [6.07, 6.45) is 4.65. The van der Waals surface area contributed by atoms with E-state index in [1.54, 1.807) is 0 Å². The van der Waals surface area contributed by atoms with E-state index >= 15 is 0 Å². The molecule has 0 amide bonds. The van der Waals surface area contributed by atoms with Crippen molar-refractivity contribution in [2.45, 2.75) is 45.3 Å². The standard InChI is InChI=1S/C12H24N2O/c1-10-3-4-11(15-10)7-14-6-5-12(2,8-13)9-14/h10-11H,3-9,13H2,1-2H3. The molecule has 0 bridgehead atoms. The van der Waals surface area contributed by atoms with Crippen LogP contribution in [-0.4, -0.2) is 43.3 Å². The number of rotatable bonds is 3. The second kappa shape index (κ2) is 4.40. The lowest BCUT2D eigenvalue weighted by Gasteiger charge is -2.24. The smallest absolute Gasteiger partial charge is 0.0706 e. The largest absolute Gasteiger partial charge is 0.374 e. The van der Waals surface area contributed by atoms with Gasteiger partial charge in [-0.15, -0.1) is 0 Å². The monoisotopic (exact) mass is 212 g/mol. The van der Waals surface area contributed by atoms with E-state index in [2.05, 4.69) is 18.7 Å². The first-order chi connectivity index (χ1) is 7.11. The lowest BCUT2D eigenvalue weighted by atomic mass is 9.90. The second-order valence-electron chi connectivity index (χ2n) is 5.65. The summed E-state index contributed by atoms with van der Waals surface area (Å²) in [6.45, 7) is 8.74. The molecule has 0 spiro atoms. The highest BCUT2D eigenvalue weighted by molar-refractivity contribution is 4.88. The molecule has 2 saturated heterocycles. The summed E-state index contributed by atoms with van der Waals surface area (Å²) in [5, 5.41) is 0. The van der Waals surface area contributed by atoms with Crippen LogP contribution in [0, 0.1) is 5.41 Å². The zero-order chi connectivity index (χ0) is 10.9. The lowest BCUT2D eigenvalue weighted by molar-refractivity contribution is 0.0343. The first-order valence-electron chi connectivity index (χ1n) is 6.19. The van der Waals surface area contributed by atoms with E-state index in [0.29, 0.717) is 17.6 Å². The zero-order valence-electron chi connectivity index (χ0n) is 10.0. The molecule has 0 radical (unpaired) electrons. The molecule has 3 atom stereocenters. The molecule has 88 valence electrons. The van der Waals surface area contributed by atoms with Gasteiger partial charge >= 0.3 is 0 Å². The maximum absolute atomic E-state index is 5.85. The minimum absolute atomic E-state index is 0.351. The van der Waals surface area contributed by atoms with Gasteiger partial charge in [-0.1, -0.05) is 6.92 Å². The van der Waals surface area contributed by atoms with E-state index < -0.39 is 0 Å². The maximum Gasteiger partial charge on any atom is 0.0706 e. The van der Waals surface area contributed by atoms with Crippen molar-refractivity contribution in [3.63, 3.8) is 0 Å². The van der Waals surface area contributed by atoms with Gasteiger partial charge in [-0.2, -0.15) is 0 Å². The molecule has 0 aliphatic carbocycles. The van der Waals surface area contributed by atoms with Crippen molar-refractivity contribution < 1.29 is 4.74 Å². The Morgan fingerprint density at radius 3 is 2.80 bits per heavy atom. The first kappa shape index (κ1) is 11.4. The molecule has 0 aromatic rings. The van der Waals surface area contributed by atoms with Gasteiger partial charge in [0, 0.05) is 13.1 Å². The SMILES string of the molecule is CC1CCC(CN2CCC(C)(CN)C2)O1. The number of hydrogen-bond donors (Lipinski definition) is 1. The number of ether oxygens (including phenoxy) is 1. The summed E-state index contributed by atoms with van der Waals surface area (Å²) >= 11 is 0. The number of hydrogen-bond acceptors (Lipinski definition) is 3. The molecule has 2 rings (SSSR count). The molecule has 3 heteroatoms. The summed E-state index contributed by atoms with van der Waals surface area (Å²) in [6, 6.07) is 0.